The highest BCUT2D eigenvalue weighted by molar-refractivity contribution is 5.77. The van der Waals surface area contributed by atoms with Crippen molar-refractivity contribution in [3.63, 3.8) is 0 Å². The summed E-state index contributed by atoms with van der Waals surface area (Å²) in [6.07, 6.45) is 0.653. The van der Waals surface area contributed by atoms with Crippen LogP contribution in [0.2, 0.25) is 0 Å². The summed E-state index contributed by atoms with van der Waals surface area (Å²) in [6.45, 7) is 4.74. The van der Waals surface area contributed by atoms with Crippen LogP contribution in [-0.4, -0.2) is 43.7 Å². The number of aromatic nitrogens is 1. The molecule has 0 spiro atoms. The summed E-state index contributed by atoms with van der Waals surface area (Å²) in [5.74, 6) is 0.374. The van der Waals surface area contributed by atoms with Crippen LogP contribution in [0.5, 0.6) is 5.75 Å². The van der Waals surface area contributed by atoms with Gasteiger partial charge in [-0.1, -0.05) is 30.3 Å². The van der Waals surface area contributed by atoms with Gasteiger partial charge in [0.25, 0.3) is 5.79 Å². The minimum atomic E-state index is -1.34. The third-order valence-electron chi connectivity index (χ3n) is 5.55. The molecular formula is C25H27NO6. The Morgan fingerprint density at radius 2 is 1.78 bits per heavy atom. The van der Waals surface area contributed by atoms with Crippen LogP contribution >= 0.6 is 0 Å². The van der Waals surface area contributed by atoms with Crippen molar-refractivity contribution in [3.05, 3.63) is 71.6 Å². The van der Waals surface area contributed by atoms with Gasteiger partial charge in [0.2, 0.25) is 5.89 Å². The predicted octanol–water partition coefficient (Wildman–Crippen LogP) is 4.29. The quantitative estimate of drug-likeness (QED) is 0.510. The molecule has 0 bridgehead atoms. The lowest BCUT2D eigenvalue weighted by molar-refractivity contribution is -0.264. The van der Waals surface area contributed by atoms with Crippen molar-refractivity contribution >= 4 is 5.97 Å². The SMILES string of the molecule is COC(=O)[C@]1(C)OC[C@H](c2ccc(OCCc3nc(-c4ccccc4)oc3C)cc2)CO1. The Bertz CT molecular complexity index is 1040. The summed E-state index contributed by atoms with van der Waals surface area (Å²) in [4.78, 5) is 16.4. The molecule has 1 aliphatic heterocycles. The van der Waals surface area contributed by atoms with E-state index in [1.54, 1.807) is 6.92 Å². The van der Waals surface area contributed by atoms with Crippen LogP contribution in [0.25, 0.3) is 11.5 Å². The Kier molecular flexibility index (Phi) is 6.58. The molecule has 1 aliphatic rings. The molecule has 0 amide bonds. The second kappa shape index (κ2) is 9.54. The zero-order valence-electron chi connectivity index (χ0n) is 18.5. The van der Waals surface area contributed by atoms with Gasteiger partial charge in [0.15, 0.2) is 0 Å². The number of benzene rings is 2. The van der Waals surface area contributed by atoms with E-state index in [4.69, 9.17) is 23.4 Å². The summed E-state index contributed by atoms with van der Waals surface area (Å²) >= 11 is 0. The summed E-state index contributed by atoms with van der Waals surface area (Å²) in [6, 6.07) is 17.7. The van der Waals surface area contributed by atoms with Gasteiger partial charge in [0, 0.05) is 24.8 Å². The van der Waals surface area contributed by atoms with Gasteiger partial charge in [-0.25, -0.2) is 9.78 Å². The molecular weight excluding hydrogens is 410 g/mol. The van der Waals surface area contributed by atoms with Crippen molar-refractivity contribution in [1.82, 2.24) is 4.98 Å². The number of rotatable bonds is 7. The number of carbonyl (C=O) groups is 1. The number of hydrogen-bond acceptors (Lipinski definition) is 7. The fourth-order valence-corrected chi connectivity index (χ4v) is 3.57. The van der Waals surface area contributed by atoms with Gasteiger partial charge in [0.1, 0.15) is 11.5 Å². The second-order valence-electron chi connectivity index (χ2n) is 7.81. The first-order valence-electron chi connectivity index (χ1n) is 10.6. The minimum absolute atomic E-state index is 0.0379. The van der Waals surface area contributed by atoms with Gasteiger partial charge in [0.05, 0.1) is 32.6 Å². The fourth-order valence-electron chi connectivity index (χ4n) is 3.57. The lowest BCUT2D eigenvalue weighted by Gasteiger charge is -2.35. The molecule has 1 aromatic heterocycles. The minimum Gasteiger partial charge on any atom is -0.493 e. The van der Waals surface area contributed by atoms with E-state index in [0.29, 0.717) is 32.1 Å². The van der Waals surface area contributed by atoms with Crippen molar-refractivity contribution in [3.8, 4) is 17.2 Å². The van der Waals surface area contributed by atoms with Crippen LogP contribution < -0.4 is 4.74 Å². The maximum Gasteiger partial charge on any atom is 0.366 e. The Balaban J connectivity index is 1.29. The average molecular weight is 437 g/mol. The summed E-state index contributed by atoms with van der Waals surface area (Å²) in [5.41, 5.74) is 2.91. The zero-order valence-corrected chi connectivity index (χ0v) is 18.5. The molecule has 0 saturated carbocycles. The number of methoxy groups -OCH3 is 1. The van der Waals surface area contributed by atoms with Crippen LogP contribution in [-0.2, 0) is 25.4 Å². The first-order chi connectivity index (χ1) is 15.5. The van der Waals surface area contributed by atoms with Crippen molar-refractivity contribution in [1.29, 1.82) is 0 Å². The number of oxazole rings is 1. The van der Waals surface area contributed by atoms with Crippen molar-refractivity contribution in [2.45, 2.75) is 32.0 Å². The lowest BCUT2D eigenvalue weighted by Crippen LogP contribution is -2.47. The number of esters is 1. The third-order valence-corrected chi connectivity index (χ3v) is 5.55. The van der Waals surface area contributed by atoms with Crippen LogP contribution in [0.15, 0.2) is 59.0 Å². The fraction of sp³-hybridized carbons (Fsp3) is 0.360. The van der Waals surface area contributed by atoms with E-state index in [0.717, 1.165) is 28.3 Å². The maximum absolute atomic E-state index is 11.8. The van der Waals surface area contributed by atoms with E-state index in [2.05, 4.69) is 4.98 Å². The number of nitrogens with zero attached hydrogens (tertiary/aromatic N) is 1. The molecule has 4 rings (SSSR count). The number of aryl methyl sites for hydroxylation is 1. The largest absolute Gasteiger partial charge is 0.493 e. The van der Waals surface area contributed by atoms with Gasteiger partial charge >= 0.3 is 5.97 Å². The first-order valence-corrected chi connectivity index (χ1v) is 10.6. The smallest absolute Gasteiger partial charge is 0.366 e. The highest BCUT2D eigenvalue weighted by Crippen LogP contribution is 2.29. The Labute approximate surface area is 187 Å². The summed E-state index contributed by atoms with van der Waals surface area (Å²) in [5, 5.41) is 0. The van der Waals surface area contributed by atoms with Crippen LogP contribution in [0.1, 0.15) is 29.9 Å². The normalized spacial score (nSPS) is 20.7. The molecule has 0 N–H and O–H groups in total. The van der Waals surface area contributed by atoms with Crippen molar-refractivity contribution in [2.24, 2.45) is 0 Å². The zero-order chi connectivity index (χ0) is 22.6. The molecule has 1 fully saturated rings. The maximum atomic E-state index is 11.8. The van der Waals surface area contributed by atoms with E-state index in [9.17, 15) is 4.79 Å². The van der Waals surface area contributed by atoms with E-state index >= 15 is 0 Å². The Morgan fingerprint density at radius 1 is 1.09 bits per heavy atom. The molecule has 1 saturated heterocycles. The van der Waals surface area contributed by atoms with Crippen LogP contribution in [0.4, 0.5) is 0 Å². The third kappa shape index (κ3) is 4.84. The lowest BCUT2D eigenvalue weighted by atomic mass is 9.99. The second-order valence-corrected chi connectivity index (χ2v) is 7.81. The molecule has 2 heterocycles. The van der Waals surface area contributed by atoms with Gasteiger partial charge in [-0.05, 0) is 36.8 Å². The van der Waals surface area contributed by atoms with E-state index in [-0.39, 0.29) is 5.92 Å². The van der Waals surface area contributed by atoms with Crippen molar-refractivity contribution in [2.75, 3.05) is 26.9 Å². The number of hydrogen-bond donors (Lipinski definition) is 0. The molecule has 0 radical (unpaired) electrons. The number of ether oxygens (including phenoxy) is 4. The van der Waals surface area contributed by atoms with Crippen molar-refractivity contribution < 1.29 is 28.2 Å². The molecule has 0 atom stereocenters. The topological polar surface area (TPSA) is 80.0 Å². The highest BCUT2D eigenvalue weighted by Gasteiger charge is 2.41. The van der Waals surface area contributed by atoms with Gasteiger partial charge in [-0.2, -0.15) is 0 Å². The molecule has 0 unspecified atom stereocenters. The Hall–Kier alpha value is -3.16. The predicted molar refractivity (Wildman–Crippen MR) is 117 cm³/mol. The van der Waals surface area contributed by atoms with Crippen LogP contribution in [0, 0.1) is 6.92 Å². The van der Waals surface area contributed by atoms with Gasteiger partial charge in [-0.15, -0.1) is 0 Å². The summed E-state index contributed by atoms with van der Waals surface area (Å²) < 4.78 is 27.7. The first kappa shape index (κ1) is 22.0. The standard InChI is InChI=1S/C25H27NO6/c1-17-22(26-23(32-17)19-7-5-4-6-8-19)13-14-29-21-11-9-18(10-12-21)20-15-30-25(2,31-16-20)24(27)28-3/h4-12,20H,13-16H2,1-3H3/t20-,25+. The molecule has 168 valence electrons. The van der Waals surface area contributed by atoms with Gasteiger partial charge in [-0.3, -0.25) is 0 Å². The highest BCUT2D eigenvalue weighted by atomic mass is 16.7. The van der Waals surface area contributed by atoms with E-state index in [1.807, 2.05) is 61.5 Å². The number of carbonyl (C=O) groups excluding carboxylic acids is 1. The molecule has 0 aliphatic carbocycles. The molecule has 2 aromatic carbocycles. The molecule has 32 heavy (non-hydrogen) atoms. The molecule has 7 nitrogen and oxygen atoms in total. The summed E-state index contributed by atoms with van der Waals surface area (Å²) in [7, 11) is 1.32. The molecule has 3 aromatic rings. The van der Waals surface area contributed by atoms with E-state index in [1.165, 1.54) is 7.11 Å². The van der Waals surface area contributed by atoms with Crippen LogP contribution in [0.3, 0.4) is 0 Å². The molecule has 7 heteroatoms. The monoisotopic (exact) mass is 437 g/mol. The van der Waals surface area contributed by atoms with Gasteiger partial charge < -0.3 is 23.4 Å². The Morgan fingerprint density at radius 3 is 2.44 bits per heavy atom. The van der Waals surface area contributed by atoms with E-state index < -0.39 is 11.8 Å². The average Bonchev–Trinajstić information content (AvgIpc) is 3.20.